The minimum atomic E-state index is 0.580. The molecule has 0 bridgehead atoms. The maximum Gasteiger partial charge on any atom is 0.148 e. The number of halogens is 1. The first-order chi connectivity index (χ1) is 9.79. The van der Waals surface area contributed by atoms with Crippen molar-refractivity contribution >= 4 is 27.6 Å². The number of aromatic nitrogens is 2. The molecule has 0 saturated carbocycles. The summed E-state index contributed by atoms with van der Waals surface area (Å²) in [6.07, 6.45) is 2.77. The molecule has 1 aromatic carbocycles. The quantitative estimate of drug-likeness (QED) is 0.936. The fourth-order valence-electron chi connectivity index (χ4n) is 2.71. The van der Waals surface area contributed by atoms with E-state index < -0.39 is 0 Å². The largest absolute Gasteiger partial charge is 0.372 e. The van der Waals surface area contributed by atoms with Gasteiger partial charge in [0.05, 0.1) is 0 Å². The fraction of sp³-hybridized carbons (Fsp3) is 0.333. The molecule has 3 rings (SSSR count). The topological polar surface area (TPSA) is 41.1 Å². The molecule has 0 amide bonds. The number of benzene rings is 1. The Labute approximate surface area is 127 Å². The molecule has 5 heteroatoms. The van der Waals surface area contributed by atoms with Crippen molar-refractivity contribution in [1.29, 1.82) is 0 Å². The van der Waals surface area contributed by atoms with Crippen molar-refractivity contribution in [2.24, 2.45) is 0 Å². The fourth-order valence-corrected chi connectivity index (χ4v) is 3.36. The highest BCUT2D eigenvalue weighted by molar-refractivity contribution is 9.10. The predicted molar refractivity (Wildman–Crippen MR) is 85.3 cm³/mol. The van der Waals surface area contributed by atoms with Crippen molar-refractivity contribution in [2.45, 2.75) is 12.3 Å². The van der Waals surface area contributed by atoms with Crippen LogP contribution in [0.25, 0.3) is 0 Å². The van der Waals surface area contributed by atoms with E-state index in [1.54, 1.807) is 6.33 Å². The van der Waals surface area contributed by atoms with Crippen molar-refractivity contribution in [3.05, 3.63) is 46.7 Å². The average molecular weight is 333 g/mol. The lowest BCUT2D eigenvalue weighted by atomic mass is 9.99. The Bertz CT molecular complexity index is 588. The van der Waals surface area contributed by atoms with Gasteiger partial charge in [-0.05, 0) is 27.9 Å². The molecular formula is C15H17BrN4. The minimum Gasteiger partial charge on any atom is -0.372 e. The van der Waals surface area contributed by atoms with Gasteiger partial charge >= 0.3 is 0 Å². The van der Waals surface area contributed by atoms with E-state index in [0.29, 0.717) is 5.92 Å². The summed E-state index contributed by atoms with van der Waals surface area (Å²) in [4.78, 5) is 11.0. The lowest BCUT2D eigenvalue weighted by molar-refractivity contribution is 0.774. The van der Waals surface area contributed by atoms with Crippen LogP contribution < -0.4 is 10.2 Å². The molecule has 1 atom stereocenters. The Hall–Kier alpha value is -1.62. The van der Waals surface area contributed by atoms with E-state index in [0.717, 1.165) is 35.6 Å². The SMILES string of the molecule is CNc1ncnc(N2CCC(c3ccccc3)C2)c1Br. The molecule has 1 aliphatic heterocycles. The molecule has 1 N–H and O–H groups in total. The van der Waals surface area contributed by atoms with Gasteiger partial charge in [-0.25, -0.2) is 9.97 Å². The molecule has 104 valence electrons. The summed E-state index contributed by atoms with van der Waals surface area (Å²) in [6, 6.07) is 10.7. The molecule has 2 aromatic rings. The molecule has 1 aliphatic rings. The molecular weight excluding hydrogens is 316 g/mol. The van der Waals surface area contributed by atoms with Gasteiger partial charge in [0.2, 0.25) is 0 Å². The van der Waals surface area contributed by atoms with Gasteiger partial charge in [0.25, 0.3) is 0 Å². The Kier molecular flexibility index (Phi) is 3.87. The highest BCUT2D eigenvalue weighted by Gasteiger charge is 2.26. The van der Waals surface area contributed by atoms with E-state index in [1.165, 1.54) is 5.56 Å². The molecule has 0 spiro atoms. The maximum absolute atomic E-state index is 4.42. The number of hydrogen-bond acceptors (Lipinski definition) is 4. The Morgan fingerprint density at radius 3 is 2.80 bits per heavy atom. The van der Waals surface area contributed by atoms with Crippen molar-refractivity contribution in [3.63, 3.8) is 0 Å². The zero-order valence-electron chi connectivity index (χ0n) is 11.4. The first kappa shape index (κ1) is 13.4. The van der Waals surface area contributed by atoms with Gasteiger partial charge in [-0.15, -0.1) is 0 Å². The monoisotopic (exact) mass is 332 g/mol. The van der Waals surface area contributed by atoms with Crippen molar-refractivity contribution in [1.82, 2.24) is 9.97 Å². The molecule has 1 fully saturated rings. The van der Waals surface area contributed by atoms with Crippen molar-refractivity contribution in [2.75, 3.05) is 30.4 Å². The van der Waals surface area contributed by atoms with E-state index in [2.05, 4.69) is 66.4 Å². The van der Waals surface area contributed by atoms with Crippen LogP contribution in [0, 0.1) is 0 Å². The molecule has 20 heavy (non-hydrogen) atoms. The summed E-state index contributed by atoms with van der Waals surface area (Å²) in [7, 11) is 1.87. The molecule has 0 radical (unpaired) electrons. The van der Waals surface area contributed by atoms with Crippen LogP contribution in [0.4, 0.5) is 11.6 Å². The van der Waals surface area contributed by atoms with E-state index >= 15 is 0 Å². The summed E-state index contributed by atoms with van der Waals surface area (Å²) < 4.78 is 0.941. The Balaban J connectivity index is 1.81. The number of rotatable bonds is 3. The lowest BCUT2D eigenvalue weighted by Crippen LogP contribution is -2.21. The van der Waals surface area contributed by atoms with Crippen LogP contribution in [0.15, 0.2) is 41.1 Å². The maximum atomic E-state index is 4.42. The van der Waals surface area contributed by atoms with Gasteiger partial charge in [-0.3, -0.25) is 0 Å². The third kappa shape index (κ3) is 2.50. The predicted octanol–water partition coefficient (Wildman–Crippen LogP) is 3.27. The zero-order valence-corrected chi connectivity index (χ0v) is 13.0. The standard InChI is InChI=1S/C15H17BrN4/c1-17-14-13(16)15(19-10-18-14)20-8-7-12(9-20)11-5-3-2-4-6-11/h2-6,10,12H,7-9H2,1H3,(H,17,18,19). The third-order valence-electron chi connectivity index (χ3n) is 3.77. The third-order valence-corrected chi connectivity index (χ3v) is 4.50. The van der Waals surface area contributed by atoms with Crippen LogP contribution in [0.1, 0.15) is 17.9 Å². The van der Waals surface area contributed by atoms with Crippen LogP contribution in [0.3, 0.4) is 0 Å². The number of nitrogens with one attached hydrogen (secondary N) is 1. The van der Waals surface area contributed by atoms with Crippen molar-refractivity contribution in [3.8, 4) is 0 Å². The molecule has 4 nitrogen and oxygen atoms in total. The van der Waals surface area contributed by atoms with Crippen LogP contribution in [-0.4, -0.2) is 30.1 Å². The first-order valence-electron chi connectivity index (χ1n) is 6.77. The van der Waals surface area contributed by atoms with E-state index in [1.807, 2.05) is 7.05 Å². The first-order valence-corrected chi connectivity index (χ1v) is 7.57. The van der Waals surface area contributed by atoms with Crippen LogP contribution in [0.5, 0.6) is 0 Å². The molecule has 1 saturated heterocycles. The number of hydrogen-bond donors (Lipinski definition) is 1. The Morgan fingerprint density at radius 1 is 1.25 bits per heavy atom. The highest BCUT2D eigenvalue weighted by Crippen LogP contribution is 2.35. The second-order valence-corrected chi connectivity index (χ2v) is 5.75. The minimum absolute atomic E-state index is 0.580. The normalized spacial score (nSPS) is 18.3. The average Bonchev–Trinajstić information content (AvgIpc) is 2.98. The van der Waals surface area contributed by atoms with Gasteiger partial charge in [0.15, 0.2) is 0 Å². The lowest BCUT2D eigenvalue weighted by Gasteiger charge is -2.19. The Morgan fingerprint density at radius 2 is 2.05 bits per heavy atom. The van der Waals surface area contributed by atoms with Gasteiger partial charge in [0, 0.05) is 26.1 Å². The summed E-state index contributed by atoms with van der Waals surface area (Å²) in [6.45, 7) is 2.03. The van der Waals surface area contributed by atoms with Crippen molar-refractivity contribution < 1.29 is 0 Å². The molecule has 0 aliphatic carbocycles. The van der Waals surface area contributed by atoms with Gasteiger partial charge in [-0.1, -0.05) is 30.3 Å². The van der Waals surface area contributed by atoms with E-state index in [9.17, 15) is 0 Å². The summed E-state index contributed by atoms with van der Waals surface area (Å²) in [5, 5.41) is 3.08. The molecule has 2 heterocycles. The molecule has 1 aromatic heterocycles. The second-order valence-electron chi connectivity index (χ2n) is 4.95. The number of anilines is 2. The molecule has 1 unspecified atom stereocenters. The summed E-state index contributed by atoms with van der Waals surface area (Å²) in [5.74, 6) is 2.39. The second kappa shape index (κ2) is 5.79. The zero-order chi connectivity index (χ0) is 13.9. The van der Waals surface area contributed by atoms with Gasteiger partial charge < -0.3 is 10.2 Å². The summed E-state index contributed by atoms with van der Waals surface area (Å²) >= 11 is 3.60. The summed E-state index contributed by atoms with van der Waals surface area (Å²) in [5.41, 5.74) is 1.41. The van der Waals surface area contributed by atoms with Crippen LogP contribution in [0.2, 0.25) is 0 Å². The van der Waals surface area contributed by atoms with Gasteiger partial charge in [-0.2, -0.15) is 0 Å². The highest BCUT2D eigenvalue weighted by atomic mass is 79.9. The van der Waals surface area contributed by atoms with E-state index in [-0.39, 0.29) is 0 Å². The van der Waals surface area contributed by atoms with Gasteiger partial charge in [0.1, 0.15) is 22.4 Å². The smallest absolute Gasteiger partial charge is 0.148 e. The van der Waals surface area contributed by atoms with Crippen LogP contribution in [-0.2, 0) is 0 Å². The van der Waals surface area contributed by atoms with E-state index in [4.69, 9.17) is 0 Å². The van der Waals surface area contributed by atoms with Crippen LogP contribution >= 0.6 is 15.9 Å². The number of nitrogens with zero attached hydrogens (tertiary/aromatic N) is 3.